The normalized spacial score (nSPS) is 12.1. The maximum Gasteiger partial charge on any atom is 0.194 e. The molecular weight excluding hydrogens is 711 g/mol. The summed E-state index contributed by atoms with van der Waals surface area (Å²) in [7, 11) is 0. The van der Waals surface area contributed by atoms with E-state index in [2.05, 4.69) is 43.1 Å². The number of carbonyl (C=O) groups excluding carboxylic acids is 2. The van der Waals surface area contributed by atoms with E-state index in [0.717, 1.165) is 81.1 Å². The van der Waals surface area contributed by atoms with Crippen molar-refractivity contribution in [2.24, 2.45) is 11.8 Å². The van der Waals surface area contributed by atoms with Crippen LogP contribution in [0.1, 0.15) is 86.0 Å². The smallest absolute Gasteiger partial charge is 0.194 e. The summed E-state index contributed by atoms with van der Waals surface area (Å²) >= 11 is 0. The van der Waals surface area contributed by atoms with E-state index in [1.54, 1.807) is 0 Å². The zero-order chi connectivity index (χ0) is 30.6. The molecule has 43 heavy (non-hydrogen) atoms. The van der Waals surface area contributed by atoms with Gasteiger partial charge < -0.3 is 10.1 Å². The Kier molecular flexibility index (Phi) is 11.8. The minimum absolute atomic E-state index is 0. The Morgan fingerprint density at radius 3 is 2.19 bits per heavy atom. The number of aliphatic hydroxyl groups is 1. The van der Waals surface area contributed by atoms with Crippen molar-refractivity contribution in [2.75, 3.05) is 0 Å². The second kappa shape index (κ2) is 14.9. The number of allylic oxidation sites excluding steroid dienone is 2. The topological polar surface area (TPSA) is 67.3 Å². The fourth-order valence-electron chi connectivity index (χ4n) is 5.98. The van der Waals surface area contributed by atoms with Crippen molar-refractivity contribution in [3.8, 4) is 22.4 Å². The van der Waals surface area contributed by atoms with Gasteiger partial charge in [0, 0.05) is 55.3 Å². The molecule has 5 rings (SSSR count). The summed E-state index contributed by atoms with van der Waals surface area (Å²) in [5.41, 5.74) is 8.87. The second-order valence-electron chi connectivity index (χ2n) is 11.4. The van der Waals surface area contributed by atoms with Gasteiger partial charge in [-0.15, -0.1) is 34.9 Å². The molecule has 0 saturated carbocycles. The zero-order valence-electron chi connectivity index (χ0n) is 26.3. The molecule has 0 unspecified atom stereocenters. The summed E-state index contributed by atoms with van der Waals surface area (Å²) < 4.78 is 0. The molecule has 4 aromatic rings. The quantitative estimate of drug-likeness (QED) is 0.0975. The van der Waals surface area contributed by atoms with E-state index in [9.17, 15) is 14.7 Å². The monoisotopic (exact) mass is 753 g/mol. The van der Waals surface area contributed by atoms with Crippen LogP contribution >= 0.6 is 0 Å². The number of hydrogen-bond donors (Lipinski definition) is 1. The van der Waals surface area contributed by atoms with Crippen LogP contribution in [-0.2, 0) is 24.9 Å². The van der Waals surface area contributed by atoms with Crippen molar-refractivity contribution in [3.05, 3.63) is 100 Å². The van der Waals surface area contributed by atoms with Crippen molar-refractivity contribution in [2.45, 2.75) is 74.1 Å². The third-order valence-corrected chi connectivity index (χ3v) is 8.42. The Morgan fingerprint density at radius 1 is 0.884 bits per heavy atom. The maximum absolute atomic E-state index is 13.0. The summed E-state index contributed by atoms with van der Waals surface area (Å²) in [5.74, 6) is 0.669. The SMILES string of the molecule is CCC(CC)C(=O)/C=C(\O)C(CC)CC.Cc1[c-]c(-c2nccc3cc4c(cc23)-c2cccc(C)c2C4=O)cc(C)c1.[Ir]. The van der Waals surface area contributed by atoms with Gasteiger partial charge in [-0.05, 0) is 77.9 Å². The van der Waals surface area contributed by atoms with Gasteiger partial charge in [0.2, 0.25) is 0 Å². The van der Waals surface area contributed by atoms with Crippen LogP contribution in [0.25, 0.3) is 33.2 Å². The van der Waals surface area contributed by atoms with Gasteiger partial charge in [0.15, 0.2) is 11.6 Å². The predicted octanol–water partition coefficient (Wildman–Crippen LogP) is 9.71. The third kappa shape index (κ3) is 7.22. The van der Waals surface area contributed by atoms with Crippen LogP contribution < -0.4 is 0 Å². The molecule has 0 amide bonds. The van der Waals surface area contributed by atoms with E-state index in [-0.39, 0.29) is 49.3 Å². The van der Waals surface area contributed by atoms with Crippen LogP contribution in [0, 0.1) is 38.7 Å². The molecule has 1 aromatic heterocycles. The van der Waals surface area contributed by atoms with E-state index in [0.29, 0.717) is 0 Å². The van der Waals surface area contributed by atoms with Gasteiger partial charge in [-0.25, -0.2) is 0 Å². The molecule has 1 heterocycles. The number of nitrogens with zero attached hydrogens (tertiary/aromatic N) is 1. The Hall–Kier alpha value is -3.40. The van der Waals surface area contributed by atoms with Gasteiger partial charge in [0.25, 0.3) is 0 Å². The molecule has 0 atom stereocenters. The molecular formula is C38H42IrNO3-. The molecule has 4 nitrogen and oxygen atoms in total. The molecule has 227 valence electrons. The van der Waals surface area contributed by atoms with Crippen LogP contribution in [-0.4, -0.2) is 21.7 Å². The molecule has 1 N–H and O–H groups in total. The Labute approximate surface area is 270 Å². The number of fused-ring (bicyclic) bond motifs is 4. The van der Waals surface area contributed by atoms with Gasteiger partial charge in [-0.1, -0.05) is 65.8 Å². The molecule has 0 fully saturated rings. The zero-order valence-corrected chi connectivity index (χ0v) is 28.7. The minimum Gasteiger partial charge on any atom is -0.512 e. The molecule has 1 aliphatic carbocycles. The number of aromatic nitrogens is 1. The number of hydrogen-bond acceptors (Lipinski definition) is 4. The summed E-state index contributed by atoms with van der Waals surface area (Å²) in [6, 6.07) is 19.8. The van der Waals surface area contributed by atoms with E-state index >= 15 is 0 Å². The van der Waals surface area contributed by atoms with Gasteiger partial charge in [0.05, 0.1) is 5.76 Å². The van der Waals surface area contributed by atoms with Gasteiger partial charge in [0.1, 0.15) is 0 Å². The molecule has 0 bridgehead atoms. The molecule has 0 saturated heterocycles. The van der Waals surface area contributed by atoms with Crippen LogP contribution in [0.3, 0.4) is 0 Å². The van der Waals surface area contributed by atoms with E-state index in [4.69, 9.17) is 0 Å². The number of benzene rings is 3. The maximum atomic E-state index is 13.0. The fourth-order valence-corrected chi connectivity index (χ4v) is 5.98. The van der Waals surface area contributed by atoms with Crippen LogP contribution in [0.15, 0.2) is 66.6 Å². The number of aryl methyl sites for hydroxylation is 3. The van der Waals surface area contributed by atoms with E-state index < -0.39 is 0 Å². The molecule has 3 aromatic carbocycles. The summed E-state index contributed by atoms with van der Waals surface area (Å²) in [4.78, 5) is 29.4. The number of ketones is 2. The van der Waals surface area contributed by atoms with Crippen molar-refractivity contribution in [3.63, 3.8) is 0 Å². The van der Waals surface area contributed by atoms with Crippen LogP contribution in [0.5, 0.6) is 0 Å². The average molecular weight is 753 g/mol. The van der Waals surface area contributed by atoms with E-state index in [1.165, 1.54) is 11.6 Å². The Balaban J connectivity index is 0.000000274. The Bertz CT molecular complexity index is 1640. The summed E-state index contributed by atoms with van der Waals surface area (Å²) in [5, 5.41) is 11.8. The number of aliphatic hydroxyl groups excluding tert-OH is 1. The van der Waals surface area contributed by atoms with E-state index in [1.807, 2.05) is 71.1 Å². The molecule has 0 spiro atoms. The molecule has 0 aliphatic heterocycles. The largest absolute Gasteiger partial charge is 0.512 e. The molecule has 5 heteroatoms. The Morgan fingerprint density at radius 2 is 1.56 bits per heavy atom. The fraction of sp³-hybridized carbons (Fsp3) is 0.342. The summed E-state index contributed by atoms with van der Waals surface area (Å²) in [6.07, 6.45) is 6.72. The first kappa shape index (κ1) is 34.1. The molecule has 1 aliphatic rings. The first-order valence-electron chi connectivity index (χ1n) is 15.2. The first-order chi connectivity index (χ1) is 20.1. The second-order valence-corrected chi connectivity index (χ2v) is 11.4. The predicted molar refractivity (Wildman–Crippen MR) is 173 cm³/mol. The average Bonchev–Trinajstić information content (AvgIpc) is 3.24. The molecule has 1 radical (unpaired) electrons. The van der Waals surface area contributed by atoms with Crippen LogP contribution in [0.2, 0.25) is 0 Å². The summed E-state index contributed by atoms with van der Waals surface area (Å²) in [6.45, 7) is 14.2. The number of carbonyl (C=O) groups is 2. The first-order valence-corrected chi connectivity index (χ1v) is 15.2. The van der Waals surface area contributed by atoms with Gasteiger partial charge in [-0.2, -0.15) is 0 Å². The van der Waals surface area contributed by atoms with Crippen molar-refractivity contribution in [1.29, 1.82) is 0 Å². The number of pyridine rings is 1. The number of rotatable bonds is 8. The standard InChI is InChI=1S/C25H18NO.C13H24O2.Ir/c1-14-9-15(2)11-18(10-14)24-20-13-21-19-6-4-5-16(3)23(19)25(27)22(21)12-17(20)7-8-26-24;1-5-10(6-2)12(14)9-13(15)11(7-3)8-4;/h4-10,12-13H,1-3H3;9-11,14H,5-8H2,1-4H3;/q-1;;/b;12-9-;. The van der Waals surface area contributed by atoms with Crippen LogP contribution in [0.4, 0.5) is 0 Å². The third-order valence-electron chi connectivity index (χ3n) is 8.42. The van der Waals surface area contributed by atoms with Crippen molar-refractivity contribution in [1.82, 2.24) is 4.98 Å². The van der Waals surface area contributed by atoms with Crippen molar-refractivity contribution < 1.29 is 34.8 Å². The van der Waals surface area contributed by atoms with Gasteiger partial charge in [-0.3, -0.25) is 9.59 Å². The van der Waals surface area contributed by atoms with Crippen molar-refractivity contribution >= 4 is 22.3 Å². The van der Waals surface area contributed by atoms with Gasteiger partial charge >= 0.3 is 0 Å². The minimum atomic E-state index is 0.